The van der Waals surface area contributed by atoms with Gasteiger partial charge in [0.2, 0.25) is 0 Å². The van der Waals surface area contributed by atoms with Gasteiger partial charge in [-0.05, 0) is 29.8 Å². The van der Waals surface area contributed by atoms with E-state index in [-0.39, 0.29) is 17.4 Å². The summed E-state index contributed by atoms with van der Waals surface area (Å²) in [5.41, 5.74) is 0. The first kappa shape index (κ1) is 9.91. The topological polar surface area (TPSA) is 46.5 Å². The molecule has 0 amide bonds. The zero-order valence-corrected chi connectivity index (χ0v) is 7.59. The van der Waals surface area contributed by atoms with Gasteiger partial charge >= 0.3 is 5.97 Å². The highest BCUT2D eigenvalue weighted by Gasteiger charge is 2.08. The van der Waals surface area contributed by atoms with Crippen LogP contribution < -0.4 is 0 Å². The maximum absolute atomic E-state index is 10.7. The molecule has 0 saturated heterocycles. The van der Waals surface area contributed by atoms with Gasteiger partial charge in [0.05, 0.1) is 12.5 Å². The predicted molar refractivity (Wildman–Crippen MR) is 40.8 cm³/mol. The number of carbonyl (C=O) groups excluding carboxylic acids is 1. The van der Waals surface area contributed by atoms with Crippen LogP contribution in [0.3, 0.4) is 0 Å². The lowest BCUT2D eigenvalue weighted by Gasteiger charge is -2.06. The molecular weight excluding hydrogens is 200 g/mol. The van der Waals surface area contributed by atoms with Crippen molar-refractivity contribution in [3.05, 3.63) is 0 Å². The van der Waals surface area contributed by atoms with Gasteiger partial charge in [0.1, 0.15) is 0 Å². The third-order valence-electron chi connectivity index (χ3n) is 0.756. The molecule has 2 atom stereocenters. The number of ether oxygens (including phenoxy) is 1. The van der Waals surface area contributed by atoms with E-state index in [1.165, 1.54) is 0 Å². The number of carbonyl (C=O) groups is 1. The van der Waals surface area contributed by atoms with Crippen molar-refractivity contribution in [3.8, 4) is 0 Å². The second-order valence-corrected chi connectivity index (χ2v) is 3.38. The van der Waals surface area contributed by atoms with E-state index >= 15 is 0 Å². The van der Waals surface area contributed by atoms with Gasteiger partial charge in [0, 0.05) is 0 Å². The Bertz CT molecular complexity index is 99.6. The molecule has 0 aromatic carbocycles. The number of aliphatic hydroxyl groups excluding tert-OH is 1. The van der Waals surface area contributed by atoms with Crippen LogP contribution >= 0.6 is 15.9 Å². The highest BCUT2D eigenvalue weighted by atomic mass is 79.9. The number of aliphatic hydroxyl groups is 1. The van der Waals surface area contributed by atoms with E-state index in [1.54, 1.807) is 13.8 Å². The monoisotopic (exact) mass is 210 g/mol. The van der Waals surface area contributed by atoms with Crippen LogP contribution in [0.2, 0.25) is 0 Å². The van der Waals surface area contributed by atoms with Crippen LogP contribution in [0.15, 0.2) is 0 Å². The lowest BCUT2D eigenvalue weighted by molar-refractivity contribution is -0.146. The van der Waals surface area contributed by atoms with E-state index in [0.717, 1.165) is 0 Å². The van der Waals surface area contributed by atoms with Crippen LogP contribution in [-0.4, -0.2) is 22.2 Å². The number of hydrogen-bond donors (Lipinski definition) is 1. The van der Waals surface area contributed by atoms with Crippen LogP contribution in [0.4, 0.5) is 0 Å². The average molecular weight is 211 g/mol. The van der Waals surface area contributed by atoms with Gasteiger partial charge in [0.25, 0.3) is 0 Å². The molecule has 0 spiro atoms. The van der Waals surface area contributed by atoms with Crippen molar-refractivity contribution in [2.24, 2.45) is 0 Å². The van der Waals surface area contributed by atoms with Crippen LogP contribution in [0.5, 0.6) is 0 Å². The zero-order valence-electron chi connectivity index (χ0n) is 6.00. The maximum Gasteiger partial charge on any atom is 0.309 e. The first-order valence-electron chi connectivity index (χ1n) is 3.04. The highest BCUT2D eigenvalue weighted by molar-refractivity contribution is 9.09. The third kappa shape index (κ3) is 6.04. The molecule has 4 heteroatoms. The molecule has 3 nitrogen and oxygen atoms in total. The Balaban J connectivity index is 3.44. The van der Waals surface area contributed by atoms with E-state index in [1.807, 2.05) is 0 Å². The minimum Gasteiger partial charge on any atom is -0.451 e. The minimum absolute atomic E-state index is 0.0515. The molecule has 0 rings (SSSR count). The Labute approximate surface area is 68.5 Å². The van der Waals surface area contributed by atoms with Crippen molar-refractivity contribution in [2.75, 3.05) is 0 Å². The first-order valence-corrected chi connectivity index (χ1v) is 3.95. The van der Waals surface area contributed by atoms with Crippen molar-refractivity contribution in [1.82, 2.24) is 0 Å². The number of rotatable bonds is 3. The maximum atomic E-state index is 10.7. The van der Waals surface area contributed by atoms with Crippen molar-refractivity contribution in [2.45, 2.75) is 31.4 Å². The van der Waals surface area contributed by atoms with Crippen molar-refractivity contribution >= 4 is 21.9 Å². The summed E-state index contributed by atoms with van der Waals surface area (Å²) in [5, 5.41) is 8.44. The number of hydrogen-bond acceptors (Lipinski definition) is 3. The Hall–Kier alpha value is -0.0900. The third-order valence-corrected chi connectivity index (χ3v) is 0.943. The Kier molecular flexibility index (Phi) is 4.64. The number of esters is 1. The normalized spacial score (nSPS) is 16.0. The van der Waals surface area contributed by atoms with Gasteiger partial charge in [-0.25, -0.2) is 0 Å². The van der Waals surface area contributed by atoms with Gasteiger partial charge in [-0.15, -0.1) is 0 Å². The van der Waals surface area contributed by atoms with Gasteiger partial charge < -0.3 is 9.84 Å². The fourth-order valence-electron chi connectivity index (χ4n) is 0.470. The first-order chi connectivity index (χ1) is 4.52. The fraction of sp³-hybridized carbons (Fsp3) is 0.833. The van der Waals surface area contributed by atoms with Gasteiger partial charge in [-0.2, -0.15) is 0 Å². The zero-order chi connectivity index (χ0) is 8.15. The molecule has 0 bridgehead atoms. The molecule has 0 radical (unpaired) electrons. The summed E-state index contributed by atoms with van der Waals surface area (Å²) in [6.07, 6.45) is -0.575. The number of halogens is 1. The second-order valence-electron chi connectivity index (χ2n) is 2.09. The fourth-order valence-corrected chi connectivity index (χ4v) is 0.679. The van der Waals surface area contributed by atoms with E-state index in [0.29, 0.717) is 0 Å². The van der Waals surface area contributed by atoms with Crippen LogP contribution in [0.1, 0.15) is 20.3 Å². The highest BCUT2D eigenvalue weighted by Crippen LogP contribution is 2.02. The van der Waals surface area contributed by atoms with E-state index in [9.17, 15) is 4.79 Å². The molecular formula is C6H11BrO3. The largest absolute Gasteiger partial charge is 0.451 e. The predicted octanol–water partition coefficient (Wildman–Crippen LogP) is 1.04. The summed E-state index contributed by atoms with van der Waals surface area (Å²) < 4.78 is 4.68. The molecule has 2 unspecified atom stereocenters. The quantitative estimate of drug-likeness (QED) is 0.560. The second kappa shape index (κ2) is 4.68. The summed E-state index contributed by atoms with van der Waals surface area (Å²) in [5.74, 6) is -0.389. The standard InChI is InChI=1S/C6H11BrO3/c1-4(8)3-6(9)10-5(2)7/h4-5,8H,3H2,1-2H3. The molecule has 1 N–H and O–H groups in total. The molecule has 0 saturated carbocycles. The summed E-state index contributed by atoms with van der Waals surface area (Å²) in [4.78, 5) is 10.7. The summed E-state index contributed by atoms with van der Waals surface area (Å²) in [7, 11) is 0. The van der Waals surface area contributed by atoms with Crippen LogP contribution in [-0.2, 0) is 9.53 Å². The molecule has 0 aliphatic heterocycles. The van der Waals surface area contributed by atoms with Crippen molar-refractivity contribution in [3.63, 3.8) is 0 Å². The molecule has 0 fully saturated rings. The summed E-state index contributed by atoms with van der Waals surface area (Å²) >= 11 is 3.04. The molecule has 0 aromatic heterocycles. The Morgan fingerprint density at radius 3 is 2.50 bits per heavy atom. The van der Waals surface area contributed by atoms with Gasteiger partial charge in [-0.1, -0.05) is 0 Å². The summed E-state index contributed by atoms with van der Waals surface area (Å²) in [6.45, 7) is 3.24. The average Bonchev–Trinajstić information content (AvgIpc) is 1.58. The smallest absolute Gasteiger partial charge is 0.309 e. The molecule has 0 aliphatic carbocycles. The van der Waals surface area contributed by atoms with Crippen molar-refractivity contribution in [1.29, 1.82) is 0 Å². The Morgan fingerprint density at radius 1 is 1.70 bits per heavy atom. The SMILES string of the molecule is CC(O)CC(=O)OC(C)Br. The van der Waals surface area contributed by atoms with E-state index in [4.69, 9.17) is 5.11 Å². The molecule has 0 aromatic rings. The summed E-state index contributed by atoms with van der Waals surface area (Å²) in [6, 6.07) is 0. The van der Waals surface area contributed by atoms with E-state index < -0.39 is 6.10 Å². The van der Waals surface area contributed by atoms with Crippen molar-refractivity contribution < 1.29 is 14.6 Å². The van der Waals surface area contributed by atoms with E-state index in [2.05, 4.69) is 20.7 Å². The molecule has 10 heavy (non-hydrogen) atoms. The molecule has 0 heterocycles. The van der Waals surface area contributed by atoms with Crippen LogP contribution in [0.25, 0.3) is 0 Å². The van der Waals surface area contributed by atoms with Gasteiger partial charge in [-0.3, -0.25) is 4.79 Å². The minimum atomic E-state index is -0.626. The number of alkyl halides is 1. The lowest BCUT2D eigenvalue weighted by Crippen LogP contribution is -2.14. The lowest BCUT2D eigenvalue weighted by atomic mass is 10.3. The molecule has 0 aliphatic rings. The van der Waals surface area contributed by atoms with Gasteiger partial charge in [0.15, 0.2) is 5.01 Å². The van der Waals surface area contributed by atoms with Crippen LogP contribution in [0, 0.1) is 0 Å². The Morgan fingerprint density at radius 2 is 2.20 bits per heavy atom. The molecule has 60 valence electrons.